The number of rotatable bonds is 7. The van der Waals surface area contributed by atoms with E-state index < -0.39 is 23.4 Å². The fourth-order valence-electron chi connectivity index (χ4n) is 9.65. The highest BCUT2D eigenvalue weighted by Crippen LogP contribution is 2.47. The third-order valence-electron chi connectivity index (χ3n) is 12.7. The number of alkyl halides is 3. The summed E-state index contributed by atoms with van der Waals surface area (Å²) in [7, 11) is 0. The molecule has 0 saturated carbocycles. The van der Waals surface area contributed by atoms with Gasteiger partial charge in [-0.2, -0.15) is 13.2 Å². The predicted octanol–water partition coefficient (Wildman–Crippen LogP) is 16.3. The van der Waals surface area contributed by atoms with Crippen LogP contribution in [0.1, 0.15) is 5.56 Å². The van der Waals surface area contributed by atoms with Crippen LogP contribution in [0.4, 0.5) is 22.0 Å². The van der Waals surface area contributed by atoms with Crippen LogP contribution in [-0.4, -0.2) is 19.1 Å². The smallest absolute Gasteiger partial charge is 0.309 e. The summed E-state index contributed by atoms with van der Waals surface area (Å²) in [6.07, 6.45) is -1.42. The maximum atomic E-state index is 16.6. The minimum Gasteiger partial charge on any atom is -0.309 e. The van der Waals surface area contributed by atoms with E-state index >= 15 is 22.0 Å². The highest BCUT2D eigenvalue weighted by atomic mass is 19.4. The molecule has 0 unspecified atom stereocenters. The van der Waals surface area contributed by atoms with Crippen LogP contribution in [0.5, 0.6) is 0 Å². The average Bonchev–Trinajstić information content (AvgIpc) is 3.88. The van der Waals surface area contributed by atoms with Crippen molar-refractivity contribution < 1.29 is 22.0 Å². The molecule has 12 rings (SSSR count). The number of pyridine rings is 2. The second kappa shape index (κ2) is 16.0. The topological polar surface area (TPSA) is 35.6 Å². The van der Waals surface area contributed by atoms with Crippen LogP contribution in [0.15, 0.2) is 213 Å². The number of hydrogen-bond acceptors (Lipinski definition) is 2. The Kier molecular flexibility index (Phi) is 9.62. The highest BCUT2D eigenvalue weighted by molar-refractivity contribution is 6.12. The molecule has 326 valence electrons. The molecule has 0 N–H and O–H groups in total. The quantitative estimate of drug-likeness (QED) is 0.149. The van der Waals surface area contributed by atoms with Crippen LogP contribution >= 0.6 is 0 Å². The van der Waals surface area contributed by atoms with Crippen LogP contribution in [0, 0.1) is 11.6 Å². The van der Waals surface area contributed by atoms with Gasteiger partial charge in [-0.3, -0.25) is 9.97 Å². The van der Waals surface area contributed by atoms with Gasteiger partial charge in [0.1, 0.15) is 17.2 Å². The van der Waals surface area contributed by atoms with Crippen molar-refractivity contribution >= 4 is 43.6 Å². The normalized spacial score (nSPS) is 11.9. The molecule has 0 aliphatic rings. The number of nitrogens with zero attached hydrogens (tertiary/aromatic N) is 4. The molecule has 0 atom stereocenters. The Morgan fingerprint density at radius 1 is 0.324 bits per heavy atom. The van der Waals surface area contributed by atoms with Crippen molar-refractivity contribution in [3.63, 3.8) is 0 Å². The summed E-state index contributed by atoms with van der Waals surface area (Å²) in [5.41, 5.74) is 7.48. The van der Waals surface area contributed by atoms with Gasteiger partial charge < -0.3 is 9.13 Å². The summed E-state index contributed by atoms with van der Waals surface area (Å²) in [5, 5.41) is 2.92. The van der Waals surface area contributed by atoms with E-state index in [1.807, 2.05) is 146 Å². The highest BCUT2D eigenvalue weighted by Gasteiger charge is 2.39. The van der Waals surface area contributed by atoms with Crippen LogP contribution in [-0.2, 0) is 6.18 Å². The van der Waals surface area contributed by atoms with Crippen LogP contribution in [0.3, 0.4) is 0 Å². The molecule has 0 radical (unpaired) electrons. The van der Waals surface area contributed by atoms with Gasteiger partial charge in [0.2, 0.25) is 0 Å². The largest absolute Gasteiger partial charge is 0.420 e. The monoisotopic (exact) mass is 894 g/mol. The molecular formula is C59H35F5N4. The second-order valence-corrected chi connectivity index (χ2v) is 16.8. The first-order chi connectivity index (χ1) is 33.2. The van der Waals surface area contributed by atoms with E-state index in [2.05, 4.69) is 0 Å². The van der Waals surface area contributed by atoms with Crippen LogP contribution < -0.4 is 0 Å². The molecule has 0 spiro atoms. The summed E-state index contributed by atoms with van der Waals surface area (Å²) in [6, 6.07) is 59.3. The summed E-state index contributed by atoms with van der Waals surface area (Å²) in [6.45, 7) is 0. The molecule has 0 saturated heterocycles. The first-order valence-corrected chi connectivity index (χ1v) is 22.0. The van der Waals surface area contributed by atoms with Gasteiger partial charge in [-0.05, 0) is 82.9 Å². The Balaban J connectivity index is 1.14. The molecule has 4 heterocycles. The lowest BCUT2D eigenvalue weighted by molar-refractivity contribution is -0.137. The Bertz CT molecular complexity index is 3650. The lowest BCUT2D eigenvalue weighted by atomic mass is 9.98. The van der Waals surface area contributed by atoms with E-state index in [0.717, 1.165) is 84.5 Å². The minimum absolute atomic E-state index is 0.0794. The zero-order chi connectivity index (χ0) is 46.1. The lowest BCUT2D eigenvalue weighted by Gasteiger charge is -2.23. The zero-order valence-electron chi connectivity index (χ0n) is 35.9. The third kappa shape index (κ3) is 6.98. The van der Waals surface area contributed by atoms with E-state index in [1.54, 1.807) is 45.8 Å². The summed E-state index contributed by atoms with van der Waals surface area (Å²) in [5.74, 6) is -1.71. The molecule has 0 amide bonds. The van der Waals surface area contributed by atoms with Crippen LogP contribution in [0.25, 0.3) is 111 Å². The third-order valence-corrected chi connectivity index (χ3v) is 12.7. The van der Waals surface area contributed by atoms with Crippen molar-refractivity contribution in [3.8, 4) is 67.3 Å². The van der Waals surface area contributed by atoms with E-state index in [9.17, 15) is 0 Å². The number of halogens is 5. The molecule has 0 fully saturated rings. The van der Waals surface area contributed by atoms with Gasteiger partial charge in [-0.25, -0.2) is 8.78 Å². The lowest BCUT2D eigenvalue weighted by Crippen LogP contribution is -2.16. The number of aromatic nitrogens is 4. The van der Waals surface area contributed by atoms with Crippen molar-refractivity contribution in [1.29, 1.82) is 0 Å². The summed E-state index contributed by atoms with van der Waals surface area (Å²) >= 11 is 0. The molecule has 4 aromatic heterocycles. The number of hydrogen-bond donors (Lipinski definition) is 0. The molecule has 4 nitrogen and oxygen atoms in total. The van der Waals surface area contributed by atoms with Gasteiger partial charge in [0, 0.05) is 62.3 Å². The fraction of sp³-hybridized carbons (Fsp3) is 0.0169. The fourth-order valence-corrected chi connectivity index (χ4v) is 9.65. The first-order valence-electron chi connectivity index (χ1n) is 22.0. The Labute approximate surface area is 386 Å². The molecular weight excluding hydrogens is 860 g/mol. The van der Waals surface area contributed by atoms with E-state index in [1.165, 1.54) is 12.1 Å². The van der Waals surface area contributed by atoms with E-state index in [4.69, 9.17) is 9.97 Å². The minimum atomic E-state index is -4.95. The van der Waals surface area contributed by atoms with Gasteiger partial charge >= 0.3 is 6.18 Å². The van der Waals surface area contributed by atoms with Crippen LogP contribution in [0.2, 0.25) is 0 Å². The van der Waals surface area contributed by atoms with Gasteiger partial charge in [-0.1, -0.05) is 133 Å². The Morgan fingerprint density at radius 2 is 0.721 bits per heavy atom. The van der Waals surface area contributed by atoms with Gasteiger partial charge in [-0.15, -0.1) is 0 Å². The van der Waals surface area contributed by atoms with Crippen molar-refractivity contribution in [2.24, 2.45) is 0 Å². The molecule has 8 aromatic carbocycles. The number of para-hydroxylation sites is 2. The van der Waals surface area contributed by atoms with Crippen molar-refractivity contribution in [2.75, 3.05) is 0 Å². The van der Waals surface area contributed by atoms with Gasteiger partial charge in [0.25, 0.3) is 0 Å². The van der Waals surface area contributed by atoms with Crippen molar-refractivity contribution in [3.05, 3.63) is 230 Å². The molecule has 0 aliphatic carbocycles. The molecule has 0 aliphatic heterocycles. The van der Waals surface area contributed by atoms with Crippen molar-refractivity contribution in [2.45, 2.75) is 6.18 Å². The molecule has 0 bridgehead atoms. The predicted molar refractivity (Wildman–Crippen MR) is 263 cm³/mol. The zero-order valence-corrected chi connectivity index (χ0v) is 35.9. The van der Waals surface area contributed by atoms with Gasteiger partial charge in [0.15, 0.2) is 0 Å². The second-order valence-electron chi connectivity index (χ2n) is 16.8. The standard InChI is InChI=1S/C59H35F5N4/c60-44-27-42(28-45(61)33-44)43-31-56(67-52-17-9-7-15-46(52)48-23-19-38(29-54(48)67)40-21-25-50(65-34-40)36-11-3-1-4-12-36)58(59(62,63)64)57(32-43)68-53-18-10-8-16-47(53)49-24-20-39(30-55(49)68)41-22-26-51(66-35-41)37-13-5-2-6-14-37/h1-35H. The maximum absolute atomic E-state index is 16.6. The SMILES string of the molecule is Fc1cc(F)cc(-c2cc(-n3c4ccccc4c4ccc(-c5ccc(-c6ccccc6)nc5)cc43)c(C(F)(F)F)c(-n3c4ccccc4c4ccc(-c5ccc(-c6ccccc6)nc5)cc43)c2)c1. The Hall–Kier alpha value is -8.69. The molecule has 68 heavy (non-hydrogen) atoms. The maximum Gasteiger partial charge on any atom is 0.420 e. The number of benzene rings is 8. The van der Waals surface area contributed by atoms with Gasteiger partial charge in [0.05, 0.1) is 44.8 Å². The molecule has 12 aromatic rings. The number of fused-ring (bicyclic) bond motifs is 6. The molecule has 9 heteroatoms. The summed E-state index contributed by atoms with van der Waals surface area (Å²) < 4.78 is 83.5. The van der Waals surface area contributed by atoms with Crippen molar-refractivity contribution in [1.82, 2.24) is 19.1 Å². The first kappa shape index (κ1) is 40.8. The average molecular weight is 895 g/mol. The van der Waals surface area contributed by atoms with E-state index in [0.29, 0.717) is 22.1 Å². The Morgan fingerprint density at radius 3 is 1.15 bits per heavy atom. The van der Waals surface area contributed by atoms with E-state index in [-0.39, 0.29) is 22.5 Å². The summed E-state index contributed by atoms with van der Waals surface area (Å²) in [4.78, 5) is 9.49.